The van der Waals surface area contributed by atoms with Crippen molar-refractivity contribution < 1.29 is 14.3 Å². The molecule has 0 aliphatic rings. The van der Waals surface area contributed by atoms with E-state index in [1.165, 1.54) is 0 Å². The van der Waals surface area contributed by atoms with Gasteiger partial charge in [0.1, 0.15) is 5.75 Å². The Labute approximate surface area is 121 Å². The van der Waals surface area contributed by atoms with Crippen molar-refractivity contribution in [1.82, 2.24) is 5.32 Å². The van der Waals surface area contributed by atoms with E-state index in [1.54, 1.807) is 6.92 Å². The standard InChI is InChI=1S/C16H25NO3/c1-12(2)19-11-7-10-17-16(18)14(4)20-15-9-6-5-8-13(15)3/h5-6,8-9,12,14H,7,10-11H2,1-4H3,(H,17,18)/t14-/m0/s1. The maximum absolute atomic E-state index is 11.9. The first-order valence-corrected chi connectivity index (χ1v) is 7.12. The van der Waals surface area contributed by atoms with Gasteiger partial charge >= 0.3 is 0 Å². The number of nitrogens with one attached hydrogen (secondary N) is 1. The van der Waals surface area contributed by atoms with Crippen molar-refractivity contribution in [1.29, 1.82) is 0 Å². The van der Waals surface area contributed by atoms with E-state index in [1.807, 2.05) is 45.0 Å². The second-order valence-electron chi connectivity index (χ2n) is 5.09. The fourth-order valence-corrected chi connectivity index (χ4v) is 1.68. The van der Waals surface area contributed by atoms with Crippen molar-refractivity contribution in [3.8, 4) is 5.75 Å². The summed E-state index contributed by atoms with van der Waals surface area (Å²) < 4.78 is 11.1. The predicted molar refractivity (Wildman–Crippen MR) is 80.0 cm³/mol. The Morgan fingerprint density at radius 3 is 2.60 bits per heavy atom. The fourth-order valence-electron chi connectivity index (χ4n) is 1.68. The zero-order valence-corrected chi connectivity index (χ0v) is 12.8. The van der Waals surface area contributed by atoms with Crippen LogP contribution in [0.1, 0.15) is 32.8 Å². The summed E-state index contributed by atoms with van der Waals surface area (Å²) in [7, 11) is 0. The molecule has 20 heavy (non-hydrogen) atoms. The molecule has 0 saturated carbocycles. The normalized spacial score (nSPS) is 12.2. The number of carbonyl (C=O) groups excluding carboxylic acids is 1. The molecule has 1 amide bonds. The Kier molecular flexibility index (Phi) is 7.09. The van der Waals surface area contributed by atoms with Crippen LogP contribution in [0.15, 0.2) is 24.3 Å². The molecule has 1 atom stereocenters. The van der Waals surface area contributed by atoms with Gasteiger partial charge in [0.2, 0.25) is 0 Å². The first-order valence-electron chi connectivity index (χ1n) is 7.12. The highest BCUT2D eigenvalue weighted by Gasteiger charge is 2.14. The van der Waals surface area contributed by atoms with E-state index >= 15 is 0 Å². The van der Waals surface area contributed by atoms with Crippen molar-refractivity contribution in [2.24, 2.45) is 0 Å². The van der Waals surface area contributed by atoms with E-state index in [0.29, 0.717) is 13.2 Å². The van der Waals surface area contributed by atoms with Crippen LogP contribution in [0.2, 0.25) is 0 Å². The molecule has 0 spiro atoms. The first kappa shape index (κ1) is 16.5. The lowest BCUT2D eigenvalue weighted by Gasteiger charge is -2.16. The van der Waals surface area contributed by atoms with Crippen molar-refractivity contribution in [3.05, 3.63) is 29.8 Å². The monoisotopic (exact) mass is 279 g/mol. The number of ether oxygens (including phenoxy) is 2. The molecule has 4 heteroatoms. The molecule has 0 aliphatic carbocycles. The average Bonchev–Trinajstić information content (AvgIpc) is 2.40. The lowest BCUT2D eigenvalue weighted by Crippen LogP contribution is -2.37. The molecule has 0 bridgehead atoms. The smallest absolute Gasteiger partial charge is 0.260 e. The van der Waals surface area contributed by atoms with Gasteiger partial charge in [-0.25, -0.2) is 0 Å². The van der Waals surface area contributed by atoms with Crippen molar-refractivity contribution in [2.45, 2.75) is 46.3 Å². The van der Waals surface area contributed by atoms with E-state index in [-0.39, 0.29) is 12.0 Å². The van der Waals surface area contributed by atoms with E-state index in [9.17, 15) is 4.79 Å². The van der Waals surface area contributed by atoms with E-state index in [4.69, 9.17) is 9.47 Å². The van der Waals surface area contributed by atoms with Crippen molar-refractivity contribution >= 4 is 5.91 Å². The second kappa shape index (κ2) is 8.59. The minimum atomic E-state index is -0.498. The molecule has 1 N–H and O–H groups in total. The molecule has 1 aromatic rings. The number of benzene rings is 1. The number of hydrogen-bond donors (Lipinski definition) is 1. The Bertz CT molecular complexity index is 418. The van der Waals surface area contributed by atoms with Gasteiger partial charge in [0.05, 0.1) is 6.10 Å². The van der Waals surface area contributed by atoms with Crippen LogP contribution in [0.3, 0.4) is 0 Å². The second-order valence-corrected chi connectivity index (χ2v) is 5.09. The maximum Gasteiger partial charge on any atom is 0.260 e. The lowest BCUT2D eigenvalue weighted by molar-refractivity contribution is -0.127. The molecule has 0 heterocycles. The Morgan fingerprint density at radius 1 is 1.25 bits per heavy atom. The molecule has 0 unspecified atom stereocenters. The van der Waals surface area contributed by atoms with Crippen LogP contribution in [0.4, 0.5) is 0 Å². The van der Waals surface area contributed by atoms with Crippen LogP contribution in [0.5, 0.6) is 5.75 Å². The van der Waals surface area contributed by atoms with E-state index in [0.717, 1.165) is 17.7 Å². The lowest BCUT2D eigenvalue weighted by atomic mass is 10.2. The fraction of sp³-hybridized carbons (Fsp3) is 0.562. The third-order valence-corrected chi connectivity index (χ3v) is 2.84. The molecule has 0 radical (unpaired) electrons. The molecule has 0 saturated heterocycles. The molecule has 1 aromatic carbocycles. The van der Waals surface area contributed by atoms with Gasteiger partial charge in [0.25, 0.3) is 5.91 Å². The summed E-state index contributed by atoms with van der Waals surface area (Å²) in [5.74, 6) is 0.649. The van der Waals surface area contributed by atoms with Gasteiger partial charge in [-0.05, 0) is 45.7 Å². The van der Waals surface area contributed by atoms with E-state index in [2.05, 4.69) is 5.32 Å². The van der Waals surface area contributed by atoms with Crippen LogP contribution in [-0.2, 0) is 9.53 Å². The summed E-state index contributed by atoms with van der Waals surface area (Å²) in [4.78, 5) is 11.9. The van der Waals surface area contributed by atoms with Crippen molar-refractivity contribution in [2.75, 3.05) is 13.2 Å². The van der Waals surface area contributed by atoms with Crippen LogP contribution in [-0.4, -0.2) is 31.3 Å². The van der Waals surface area contributed by atoms with Crippen LogP contribution < -0.4 is 10.1 Å². The predicted octanol–water partition coefficient (Wildman–Crippen LogP) is 2.69. The third kappa shape index (κ3) is 6.06. The molecular weight excluding hydrogens is 254 g/mol. The summed E-state index contributed by atoms with van der Waals surface area (Å²) in [6.45, 7) is 8.97. The van der Waals surface area contributed by atoms with Gasteiger partial charge < -0.3 is 14.8 Å². The Balaban J connectivity index is 2.28. The van der Waals surface area contributed by atoms with E-state index < -0.39 is 6.10 Å². The van der Waals surface area contributed by atoms with Gasteiger partial charge in [-0.3, -0.25) is 4.79 Å². The summed E-state index contributed by atoms with van der Waals surface area (Å²) in [5, 5.41) is 2.85. The highest BCUT2D eigenvalue weighted by Crippen LogP contribution is 2.17. The minimum Gasteiger partial charge on any atom is -0.481 e. The van der Waals surface area contributed by atoms with Crippen LogP contribution in [0.25, 0.3) is 0 Å². The molecule has 112 valence electrons. The molecule has 4 nitrogen and oxygen atoms in total. The first-order chi connectivity index (χ1) is 9.50. The maximum atomic E-state index is 11.9. The zero-order chi connectivity index (χ0) is 15.0. The number of rotatable bonds is 8. The van der Waals surface area contributed by atoms with Gasteiger partial charge in [-0.2, -0.15) is 0 Å². The van der Waals surface area contributed by atoms with Crippen molar-refractivity contribution in [3.63, 3.8) is 0 Å². The van der Waals surface area contributed by atoms with Gasteiger partial charge in [-0.1, -0.05) is 18.2 Å². The highest BCUT2D eigenvalue weighted by atomic mass is 16.5. The number of carbonyl (C=O) groups is 1. The number of aryl methyl sites for hydroxylation is 1. The van der Waals surface area contributed by atoms with Gasteiger partial charge in [-0.15, -0.1) is 0 Å². The highest BCUT2D eigenvalue weighted by molar-refractivity contribution is 5.80. The Morgan fingerprint density at radius 2 is 1.95 bits per heavy atom. The van der Waals surface area contributed by atoms with Gasteiger partial charge in [0, 0.05) is 13.2 Å². The molecular formula is C16H25NO3. The quantitative estimate of drug-likeness (QED) is 0.744. The third-order valence-electron chi connectivity index (χ3n) is 2.84. The topological polar surface area (TPSA) is 47.6 Å². The number of para-hydroxylation sites is 1. The zero-order valence-electron chi connectivity index (χ0n) is 12.8. The van der Waals surface area contributed by atoms with Crippen LogP contribution in [0, 0.1) is 6.92 Å². The average molecular weight is 279 g/mol. The number of amides is 1. The Hall–Kier alpha value is -1.55. The molecule has 0 aromatic heterocycles. The molecule has 0 fully saturated rings. The summed E-state index contributed by atoms with van der Waals surface area (Å²) >= 11 is 0. The summed E-state index contributed by atoms with van der Waals surface area (Å²) in [6.07, 6.45) is 0.539. The molecule has 1 rings (SSSR count). The minimum absolute atomic E-state index is 0.0993. The largest absolute Gasteiger partial charge is 0.481 e. The molecule has 0 aliphatic heterocycles. The summed E-state index contributed by atoms with van der Waals surface area (Å²) in [5.41, 5.74) is 1.03. The number of hydrogen-bond acceptors (Lipinski definition) is 3. The van der Waals surface area contributed by atoms with Crippen LogP contribution >= 0.6 is 0 Å². The van der Waals surface area contributed by atoms with Gasteiger partial charge in [0.15, 0.2) is 6.10 Å². The summed E-state index contributed by atoms with van der Waals surface area (Å²) in [6, 6.07) is 7.68. The SMILES string of the molecule is Cc1ccccc1O[C@@H](C)C(=O)NCCCOC(C)C.